The molecule has 1 fully saturated rings. The van der Waals surface area contributed by atoms with Crippen molar-refractivity contribution in [3.8, 4) is 10.6 Å². The molecule has 4 aromatic rings. The number of anilines is 1. The minimum absolute atomic E-state index is 0.0510. The third kappa shape index (κ3) is 5.89. The Morgan fingerprint density at radius 2 is 1.69 bits per heavy atom. The lowest BCUT2D eigenvalue weighted by Crippen LogP contribution is -2.32. The molecule has 11 heteroatoms. The molecule has 0 saturated carbocycles. The van der Waals surface area contributed by atoms with Gasteiger partial charge in [-0.1, -0.05) is 35.4 Å². The van der Waals surface area contributed by atoms with E-state index in [9.17, 15) is 14.4 Å². The number of nitrogens with two attached hydrogens (primary N) is 1. The van der Waals surface area contributed by atoms with Crippen LogP contribution in [0.25, 0.3) is 10.6 Å². The molecule has 0 amide bonds. The molecule has 0 spiro atoms. The molecule has 0 aliphatic carbocycles. The van der Waals surface area contributed by atoms with Crippen LogP contribution in [0.15, 0.2) is 71.1 Å². The minimum Gasteiger partial charge on any atom is -0.459 e. The monoisotopic (exact) mass is 546 g/mol. The van der Waals surface area contributed by atoms with Gasteiger partial charge in [0.05, 0.1) is 16.7 Å². The highest BCUT2D eigenvalue weighted by Gasteiger charge is 2.40. The van der Waals surface area contributed by atoms with E-state index >= 15 is 0 Å². The van der Waals surface area contributed by atoms with Crippen LogP contribution >= 0.6 is 11.3 Å². The van der Waals surface area contributed by atoms with Crippen molar-refractivity contribution in [1.82, 2.24) is 14.5 Å². The Balaban J connectivity index is 1.39. The topological polar surface area (TPSA) is 136 Å². The molecule has 3 heterocycles. The number of rotatable bonds is 7. The summed E-state index contributed by atoms with van der Waals surface area (Å²) in [5, 5.41) is 2.38. The van der Waals surface area contributed by atoms with Crippen molar-refractivity contribution in [1.29, 1.82) is 0 Å². The van der Waals surface area contributed by atoms with Crippen LogP contribution in [0.4, 0.5) is 5.82 Å². The van der Waals surface area contributed by atoms with Crippen molar-refractivity contribution < 1.29 is 23.8 Å². The third-order valence-electron chi connectivity index (χ3n) is 6.35. The molecule has 2 aromatic heterocycles. The molecule has 39 heavy (non-hydrogen) atoms. The molecule has 0 bridgehead atoms. The highest BCUT2D eigenvalue weighted by Crippen LogP contribution is 2.33. The summed E-state index contributed by atoms with van der Waals surface area (Å²) in [6.45, 7) is 3.65. The minimum atomic E-state index is -0.844. The summed E-state index contributed by atoms with van der Waals surface area (Å²) in [6.07, 6.45) is 0.818. The van der Waals surface area contributed by atoms with Crippen LogP contribution in [-0.4, -0.2) is 45.3 Å². The number of ether oxygens (including phenoxy) is 3. The van der Waals surface area contributed by atoms with Gasteiger partial charge in [-0.3, -0.25) is 4.57 Å². The van der Waals surface area contributed by atoms with Gasteiger partial charge in [-0.25, -0.2) is 19.4 Å². The van der Waals surface area contributed by atoms with Crippen LogP contribution < -0.4 is 11.4 Å². The van der Waals surface area contributed by atoms with Crippen LogP contribution in [0.1, 0.15) is 44.5 Å². The molecule has 2 N–H and O–H groups in total. The molecule has 0 unspecified atom stereocenters. The number of nitrogens with zero attached hydrogens (tertiary/aromatic N) is 3. The van der Waals surface area contributed by atoms with E-state index in [2.05, 4.69) is 9.97 Å². The SMILES string of the molecule is Cc1ccc(C(=O)OC[C@H]2O[C@H](n3cc(-c4nccs4)c(N)nc3=O)C[C@@H]2OC(=O)c2ccc(C)cc2)cc1. The molecule has 3 atom stereocenters. The predicted octanol–water partition coefficient (Wildman–Crippen LogP) is 3.94. The summed E-state index contributed by atoms with van der Waals surface area (Å²) in [5.74, 6) is -1.04. The molecule has 0 radical (unpaired) electrons. The fourth-order valence-electron chi connectivity index (χ4n) is 4.18. The Morgan fingerprint density at radius 3 is 2.31 bits per heavy atom. The maximum absolute atomic E-state index is 12.9. The Bertz CT molecular complexity index is 1530. The van der Waals surface area contributed by atoms with Gasteiger partial charge in [0.2, 0.25) is 0 Å². The number of aryl methyl sites for hydroxylation is 2. The Kier molecular flexibility index (Phi) is 7.53. The van der Waals surface area contributed by atoms with E-state index in [1.807, 2.05) is 38.1 Å². The smallest absolute Gasteiger partial charge is 0.351 e. The molecular weight excluding hydrogens is 520 g/mol. The summed E-state index contributed by atoms with van der Waals surface area (Å²) in [5.41, 5.74) is 8.62. The number of esters is 2. The molecule has 1 aliphatic rings. The number of carbonyl (C=O) groups is 2. The summed E-state index contributed by atoms with van der Waals surface area (Å²) in [7, 11) is 0. The molecule has 5 rings (SSSR count). The predicted molar refractivity (Wildman–Crippen MR) is 144 cm³/mol. The average molecular weight is 547 g/mol. The van der Waals surface area contributed by atoms with Crippen LogP contribution in [0, 0.1) is 13.8 Å². The van der Waals surface area contributed by atoms with E-state index in [1.54, 1.807) is 35.8 Å². The quantitative estimate of drug-likeness (QED) is 0.342. The Hall–Kier alpha value is -4.35. The van der Waals surface area contributed by atoms with E-state index < -0.39 is 36.1 Å². The van der Waals surface area contributed by atoms with Crippen molar-refractivity contribution in [2.24, 2.45) is 0 Å². The van der Waals surface area contributed by atoms with Gasteiger partial charge in [0.1, 0.15) is 35.9 Å². The maximum Gasteiger partial charge on any atom is 0.351 e. The fourth-order valence-corrected chi connectivity index (χ4v) is 4.84. The number of hydrogen-bond donors (Lipinski definition) is 1. The van der Waals surface area contributed by atoms with Gasteiger partial charge in [-0.05, 0) is 38.1 Å². The Labute approximate surface area is 228 Å². The van der Waals surface area contributed by atoms with E-state index in [4.69, 9.17) is 19.9 Å². The summed E-state index contributed by atoms with van der Waals surface area (Å²) in [4.78, 5) is 46.6. The lowest BCUT2D eigenvalue weighted by Gasteiger charge is -2.19. The van der Waals surface area contributed by atoms with Crippen molar-refractivity contribution in [3.63, 3.8) is 0 Å². The molecule has 200 valence electrons. The van der Waals surface area contributed by atoms with Gasteiger partial charge in [0.25, 0.3) is 0 Å². The van der Waals surface area contributed by atoms with Gasteiger partial charge in [0.15, 0.2) is 0 Å². The van der Waals surface area contributed by atoms with Crippen molar-refractivity contribution >= 4 is 29.1 Å². The lowest BCUT2D eigenvalue weighted by atomic mass is 10.1. The second-order valence-electron chi connectivity index (χ2n) is 9.21. The number of nitrogen functional groups attached to an aromatic ring is 1. The van der Waals surface area contributed by atoms with Crippen LogP contribution in [0.2, 0.25) is 0 Å². The zero-order valence-electron chi connectivity index (χ0n) is 21.3. The second-order valence-corrected chi connectivity index (χ2v) is 10.1. The normalized spacial score (nSPS) is 18.6. The highest BCUT2D eigenvalue weighted by atomic mass is 32.1. The molecule has 2 aromatic carbocycles. The summed E-state index contributed by atoms with van der Waals surface area (Å²) < 4.78 is 18.7. The Morgan fingerprint density at radius 1 is 1.05 bits per heavy atom. The molecule has 1 aliphatic heterocycles. The number of carbonyl (C=O) groups excluding carboxylic acids is 2. The van der Waals surface area contributed by atoms with Crippen molar-refractivity contribution in [3.05, 3.63) is 99.0 Å². The van der Waals surface area contributed by atoms with Gasteiger partial charge >= 0.3 is 17.6 Å². The van der Waals surface area contributed by atoms with Gasteiger partial charge in [-0.15, -0.1) is 11.3 Å². The fraction of sp³-hybridized carbons (Fsp3) is 0.250. The number of hydrogen-bond acceptors (Lipinski definition) is 10. The molecular formula is C28H26N4O6S. The van der Waals surface area contributed by atoms with E-state index in [0.29, 0.717) is 21.7 Å². The summed E-state index contributed by atoms with van der Waals surface area (Å²) in [6, 6.07) is 13.9. The zero-order valence-corrected chi connectivity index (χ0v) is 22.1. The van der Waals surface area contributed by atoms with Gasteiger partial charge in [-0.2, -0.15) is 4.98 Å². The number of thiazole rings is 1. The first-order chi connectivity index (χ1) is 18.8. The number of benzene rings is 2. The standard InChI is InChI=1S/C28H26N4O6S/c1-16-3-7-18(8-4-16)26(33)36-15-22-21(38-27(34)19-9-5-17(2)6-10-19)13-23(37-22)32-14-20(24(29)31-28(32)35)25-30-11-12-39-25/h3-12,14,21-23H,13,15H2,1-2H3,(H2,29,31,35)/t21-,22+,23-/m0/s1. The molecule has 1 saturated heterocycles. The first-order valence-electron chi connectivity index (χ1n) is 12.2. The van der Waals surface area contributed by atoms with Crippen LogP contribution in [0.5, 0.6) is 0 Å². The zero-order chi connectivity index (χ0) is 27.5. The largest absolute Gasteiger partial charge is 0.459 e. The number of aromatic nitrogens is 3. The maximum atomic E-state index is 12.9. The second kappa shape index (κ2) is 11.2. The first-order valence-corrected chi connectivity index (χ1v) is 13.1. The van der Waals surface area contributed by atoms with E-state index in [-0.39, 0.29) is 18.8 Å². The average Bonchev–Trinajstić information content (AvgIpc) is 3.59. The third-order valence-corrected chi connectivity index (χ3v) is 7.15. The lowest BCUT2D eigenvalue weighted by molar-refractivity contribution is -0.0581. The first kappa shape index (κ1) is 26.3. The van der Waals surface area contributed by atoms with Gasteiger partial charge < -0.3 is 19.9 Å². The van der Waals surface area contributed by atoms with Gasteiger partial charge in [0, 0.05) is 24.2 Å². The van der Waals surface area contributed by atoms with Crippen molar-refractivity contribution in [2.75, 3.05) is 12.3 Å². The molecule has 10 nitrogen and oxygen atoms in total. The van der Waals surface area contributed by atoms with E-state index in [0.717, 1.165) is 11.1 Å². The summed E-state index contributed by atoms with van der Waals surface area (Å²) >= 11 is 1.35. The van der Waals surface area contributed by atoms with Crippen LogP contribution in [0.3, 0.4) is 0 Å². The van der Waals surface area contributed by atoms with E-state index in [1.165, 1.54) is 22.1 Å². The highest BCUT2D eigenvalue weighted by molar-refractivity contribution is 7.13. The van der Waals surface area contributed by atoms with Crippen molar-refractivity contribution in [2.45, 2.75) is 38.7 Å². The van der Waals surface area contributed by atoms with Crippen LogP contribution in [-0.2, 0) is 14.2 Å².